The highest BCUT2D eigenvalue weighted by atomic mass is 16.7. The lowest BCUT2D eigenvalue weighted by molar-refractivity contribution is -0.0488. The predicted molar refractivity (Wildman–Crippen MR) is 135 cm³/mol. The highest BCUT2D eigenvalue weighted by molar-refractivity contribution is 5.87. The number of carboxylic acid groups (broad SMARTS) is 1. The van der Waals surface area contributed by atoms with Gasteiger partial charge in [-0.05, 0) is 43.1 Å². The van der Waals surface area contributed by atoms with E-state index in [2.05, 4.69) is 34.0 Å². The number of phenolic OH excluding ortho intramolecular Hbond substituents is 1. The summed E-state index contributed by atoms with van der Waals surface area (Å²) in [4.78, 5) is 25.3. The Labute approximate surface area is 214 Å². The maximum absolute atomic E-state index is 10.5. The van der Waals surface area contributed by atoms with Crippen LogP contribution >= 0.6 is 0 Å². The third-order valence-electron chi connectivity index (χ3n) is 7.49. The maximum atomic E-state index is 10.5. The molecule has 2 aliphatic carbocycles. The van der Waals surface area contributed by atoms with E-state index in [9.17, 15) is 19.8 Å². The fraction of sp³-hybridized carbons (Fsp3) is 0.333. The van der Waals surface area contributed by atoms with Crippen LogP contribution in [-0.4, -0.2) is 63.6 Å². The molecule has 1 fully saturated rings. The van der Waals surface area contributed by atoms with Crippen LogP contribution in [0.2, 0.25) is 0 Å². The van der Waals surface area contributed by atoms with Crippen LogP contribution in [-0.2, 0) is 16.7 Å². The first-order chi connectivity index (χ1) is 17.7. The Morgan fingerprint density at radius 3 is 2.51 bits per heavy atom. The number of amides is 1. The van der Waals surface area contributed by atoms with Crippen molar-refractivity contribution in [3.05, 3.63) is 84.0 Å². The molecule has 37 heavy (non-hydrogen) atoms. The number of aromatic carboxylic acids is 1. The minimum atomic E-state index is -0.968. The largest absolute Gasteiger partial charge is 0.504 e. The second kappa shape index (κ2) is 10.6. The smallest absolute Gasteiger partial charge is 0.423 e. The molecule has 1 amide bonds. The van der Waals surface area contributed by atoms with Gasteiger partial charge in [-0.3, -0.25) is 4.90 Å². The number of nitrogens with two attached hydrogens (primary N) is 2. The van der Waals surface area contributed by atoms with Crippen LogP contribution in [0.1, 0.15) is 27.9 Å². The van der Waals surface area contributed by atoms with E-state index in [-0.39, 0.29) is 17.3 Å². The van der Waals surface area contributed by atoms with E-state index in [1.807, 2.05) is 18.2 Å². The number of likely N-dealkylation sites (tertiary alicyclic amines) is 1. The number of hydrogen-bond acceptors (Lipinski definition) is 8. The molecule has 2 aromatic rings. The van der Waals surface area contributed by atoms with Crippen molar-refractivity contribution in [2.24, 2.45) is 17.5 Å². The van der Waals surface area contributed by atoms with Crippen LogP contribution in [0.3, 0.4) is 0 Å². The number of phenols is 1. The minimum absolute atomic E-state index is 0.196. The number of piperidine rings is 1. The molecule has 4 aliphatic rings. The van der Waals surface area contributed by atoms with Crippen molar-refractivity contribution in [1.82, 2.24) is 4.90 Å². The second-order valence-electron chi connectivity index (χ2n) is 9.34. The van der Waals surface area contributed by atoms with Gasteiger partial charge in [-0.1, -0.05) is 42.5 Å². The predicted octanol–water partition coefficient (Wildman–Crippen LogP) is 2.09. The van der Waals surface area contributed by atoms with Crippen molar-refractivity contribution in [3.8, 4) is 11.5 Å². The highest BCUT2D eigenvalue weighted by Crippen LogP contribution is 2.62. The summed E-state index contributed by atoms with van der Waals surface area (Å²) in [5, 5.41) is 29.2. The molecular weight excluding hydrogens is 478 g/mol. The van der Waals surface area contributed by atoms with Gasteiger partial charge in [0.15, 0.2) is 11.5 Å². The van der Waals surface area contributed by atoms with Crippen LogP contribution in [0.4, 0.5) is 4.79 Å². The molecule has 1 saturated heterocycles. The van der Waals surface area contributed by atoms with E-state index in [1.165, 1.54) is 5.56 Å². The van der Waals surface area contributed by atoms with Gasteiger partial charge in [-0.25, -0.2) is 9.59 Å². The highest BCUT2D eigenvalue weighted by Gasteiger charge is 2.64. The van der Waals surface area contributed by atoms with Gasteiger partial charge >= 0.3 is 12.1 Å². The Morgan fingerprint density at radius 2 is 1.92 bits per heavy atom. The monoisotopic (exact) mass is 509 g/mol. The molecular formula is C27H31N3O7. The molecule has 10 heteroatoms. The fourth-order valence-electron chi connectivity index (χ4n) is 6.11. The number of benzene rings is 2. The van der Waals surface area contributed by atoms with Crippen LogP contribution in [0, 0.1) is 5.92 Å². The number of nitrogens with zero attached hydrogens (tertiary/aromatic N) is 1. The van der Waals surface area contributed by atoms with Crippen LogP contribution in [0.15, 0.2) is 67.3 Å². The van der Waals surface area contributed by atoms with Gasteiger partial charge in [0, 0.05) is 29.5 Å². The zero-order valence-corrected chi connectivity index (χ0v) is 20.2. The SMILES string of the molecule is C=CCN1CC[C@]23c4c5ccc(O)c4O[C@H]2[C@@H](O)C=C[C@H]3[C@H]1C5.NOC(N)=O.O=C(O)c1ccccc1. The first-order valence-corrected chi connectivity index (χ1v) is 11.9. The van der Waals surface area contributed by atoms with E-state index in [1.54, 1.807) is 36.4 Å². The van der Waals surface area contributed by atoms with Crippen molar-refractivity contribution >= 4 is 12.1 Å². The summed E-state index contributed by atoms with van der Waals surface area (Å²) in [5.74, 6) is 4.44. The Morgan fingerprint density at radius 1 is 1.22 bits per heavy atom. The van der Waals surface area contributed by atoms with Gasteiger partial charge in [0.25, 0.3) is 0 Å². The third kappa shape index (κ3) is 4.66. The van der Waals surface area contributed by atoms with Crippen molar-refractivity contribution < 1.29 is 34.5 Å². The lowest BCUT2D eigenvalue weighted by Gasteiger charge is -2.57. The molecule has 0 aromatic heterocycles. The molecule has 0 radical (unpaired) electrons. The van der Waals surface area contributed by atoms with Crippen molar-refractivity contribution in [3.63, 3.8) is 0 Å². The fourth-order valence-corrected chi connectivity index (χ4v) is 6.11. The van der Waals surface area contributed by atoms with Crippen molar-refractivity contribution in [1.29, 1.82) is 0 Å². The molecule has 2 bridgehead atoms. The zero-order valence-electron chi connectivity index (χ0n) is 20.2. The number of carbonyl (C=O) groups is 2. The number of primary amides is 1. The summed E-state index contributed by atoms with van der Waals surface area (Å²) in [6.07, 6.45) is 6.07. The molecule has 2 heterocycles. The van der Waals surface area contributed by atoms with E-state index < -0.39 is 18.2 Å². The number of aliphatic hydroxyl groups excluding tert-OH is 1. The molecule has 2 aliphatic heterocycles. The summed E-state index contributed by atoms with van der Waals surface area (Å²) in [7, 11) is 0. The lowest BCUT2D eigenvalue weighted by Crippen LogP contribution is -2.65. The second-order valence-corrected chi connectivity index (χ2v) is 9.34. The molecule has 6 rings (SSSR count). The Hall–Kier alpha value is -3.86. The Balaban J connectivity index is 0.000000190. The number of ether oxygens (including phenoxy) is 1. The average Bonchev–Trinajstić information content (AvgIpc) is 3.25. The summed E-state index contributed by atoms with van der Waals surface area (Å²) in [6.45, 7) is 5.76. The molecule has 10 nitrogen and oxygen atoms in total. The van der Waals surface area contributed by atoms with Crippen LogP contribution in [0.25, 0.3) is 0 Å². The van der Waals surface area contributed by atoms with E-state index in [4.69, 9.17) is 9.84 Å². The quantitative estimate of drug-likeness (QED) is 0.307. The number of aliphatic hydroxyl groups is 1. The lowest BCUT2D eigenvalue weighted by atomic mass is 9.53. The summed E-state index contributed by atoms with van der Waals surface area (Å²) in [5.41, 5.74) is 6.86. The molecule has 0 saturated carbocycles. The van der Waals surface area contributed by atoms with Crippen LogP contribution in [0.5, 0.6) is 11.5 Å². The molecule has 0 unspecified atom stereocenters. The summed E-state index contributed by atoms with van der Waals surface area (Å²) >= 11 is 0. The van der Waals surface area contributed by atoms with Crippen molar-refractivity contribution in [2.45, 2.75) is 36.5 Å². The normalized spacial score (nSPS) is 27.7. The topological polar surface area (TPSA) is 169 Å². The number of carbonyl (C=O) groups excluding carboxylic acids is 1. The molecule has 1 spiro atoms. The first kappa shape index (κ1) is 26.2. The third-order valence-corrected chi connectivity index (χ3v) is 7.49. The standard InChI is InChI=1S/C19H21NO3.C7H6O2.CH4N2O2/c1-2-8-20-9-7-19-12-4-6-15(22)18(19)23-17-14(21)5-3-11(16(17)19)10-13(12)20;8-7(9)6-4-2-1-3-5-6;2-1(4)5-3/h2-6,12-13,15,18,21-22H,1,7-10H2;1-5H,(H,8,9);3H2,(H2,2,4)/t12-,13+,15-,18-,19-;;/m0../s1. The zero-order chi connectivity index (χ0) is 26.7. The Bertz CT molecular complexity index is 1200. The van der Waals surface area contributed by atoms with E-state index >= 15 is 0 Å². The van der Waals surface area contributed by atoms with E-state index in [0.717, 1.165) is 31.5 Å². The molecule has 196 valence electrons. The number of rotatable bonds is 3. The van der Waals surface area contributed by atoms with Gasteiger partial charge in [0.05, 0.1) is 5.56 Å². The first-order valence-electron chi connectivity index (χ1n) is 11.9. The van der Waals surface area contributed by atoms with Gasteiger partial charge in [0.1, 0.15) is 12.2 Å². The summed E-state index contributed by atoms with van der Waals surface area (Å²) < 4.78 is 6.13. The Kier molecular flexibility index (Phi) is 7.53. The average molecular weight is 510 g/mol. The van der Waals surface area contributed by atoms with Gasteiger partial charge in [0.2, 0.25) is 0 Å². The number of aromatic hydroxyl groups is 1. The molecule has 7 N–H and O–H groups in total. The molecule has 5 atom stereocenters. The molecule has 2 aromatic carbocycles. The summed E-state index contributed by atoms with van der Waals surface area (Å²) in [6, 6.07) is 12.5. The minimum Gasteiger partial charge on any atom is -0.504 e. The van der Waals surface area contributed by atoms with Crippen molar-refractivity contribution in [2.75, 3.05) is 13.1 Å². The van der Waals surface area contributed by atoms with Gasteiger partial charge in [-0.2, -0.15) is 5.90 Å². The maximum Gasteiger partial charge on any atom is 0.423 e. The van der Waals surface area contributed by atoms with Crippen LogP contribution < -0.4 is 16.4 Å². The number of carboxylic acids is 1. The van der Waals surface area contributed by atoms with E-state index in [0.29, 0.717) is 23.3 Å². The van der Waals surface area contributed by atoms with Gasteiger partial charge < -0.3 is 30.6 Å². The number of hydrogen-bond donors (Lipinski definition) is 5. The van der Waals surface area contributed by atoms with Gasteiger partial charge in [-0.15, -0.1) is 6.58 Å².